The SMILES string of the molecule is CCC(C)c1ccc2oc(-c3cccc(NC(=S)NC(=O)c4cc(I)cc(I)c4Br)c3)nc2c1. The predicted molar refractivity (Wildman–Crippen MR) is 161 cm³/mol. The van der Waals surface area contributed by atoms with Crippen LogP contribution in [0.25, 0.3) is 22.6 Å². The van der Waals surface area contributed by atoms with Gasteiger partial charge in [0.15, 0.2) is 10.7 Å². The smallest absolute Gasteiger partial charge is 0.258 e. The molecule has 1 unspecified atom stereocenters. The van der Waals surface area contributed by atoms with Crippen LogP contribution in [0, 0.1) is 7.14 Å². The van der Waals surface area contributed by atoms with E-state index < -0.39 is 0 Å². The number of hydrogen-bond acceptors (Lipinski definition) is 4. The molecule has 0 spiro atoms. The van der Waals surface area contributed by atoms with E-state index in [0.29, 0.717) is 17.4 Å². The van der Waals surface area contributed by atoms with Gasteiger partial charge in [-0.3, -0.25) is 10.1 Å². The van der Waals surface area contributed by atoms with Gasteiger partial charge in [-0.2, -0.15) is 0 Å². The van der Waals surface area contributed by atoms with Gasteiger partial charge in [0.2, 0.25) is 5.89 Å². The summed E-state index contributed by atoms with van der Waals surface area (Å²) in [5.41, 5.74) is 4.91. The summed E-state index contributed by atoms with van der Waals surface area (Å²) in [4.78, 5) is 17.4. The van der Waals surface area contributed by atoms with Crippen LogP contribution in [0.5, 0.6) is 0 Å². The molecule has 0 aliphatic heterocycles. The molecule has 0 saturated carbocycles. The van der Waals surface area contributed by atoms with Crippen LogP contribution in [0.3, 0.4) is 0 Å². The summed E-state index contributed by atoms with van der Waals surface area (Å²) in [7, 11) is 0. The van der Waals surface area contributed by atoms with Gasteiger partial charge in [0, 0.05) is 22.9 Å². The Bertz CT molecular complexity index is 1410. The molecule has 5 nitrogen and oxygen atoms in total. The van der Waals surface area contributed by atoms with E-state index in [1.807, 2.05) is 42.5 Å². The molecule has 174 valence electrons. The topological polar surface area (TPSA) is 67.2 Å². The maximum Gasteiger partial charge on any atom is 0.258 e. The fraction of sp³-hybridized carbons (Fsp3) is 0.160. The number of nitrogens with zero attached hydrogens (tertiary/aromatic N) is 1. The van der Waals surface area contributed by atoms with Crippen molar-refractivity contribution < 1.29 is 9.21 Å². The van der Waals surface area contributed by atoms with Gasteiger partial charge < -0.3 is 9.73 Å². The van der Waals surface area contributed by atoms with Gasteiger partial charge in [0.25, 0.3) is 5.91 Å². The Morgan fingerprint density at radius 1 is 1.18 bits per heavy atom. The summed E-state index contributed by atoms with van der Waals surface area (Å²) in [5, 5.41) is 6.03. The van der Waals surface area contributed by atoms with E-state index in [1.54, 1.807) is 0 Å². The number of carbonyl (C=O) groups is 1. The highest BCUT2D eigenvalue weighted by molar-refractivity contribution is 14.1. The molecule has 2 N–H and O–H groups in total. The Morgan fingerprint density at radius 3 is 2.74 bits per heavy atom. The summed E-state index contributed by atoms with van der Waals surface area (Å²) in [6.07, 6.45) is 1.07. The lowest BCUT2D eigenvalue weighted by Crippen LogP contribution is -2.34. The van der Waals surface area contributed by atoms with Gasteiger partial charge in [-0.1, -0.05) is 26.0 Å². The molecule has 0 radical (unpaired) electrons. The van der Waals surface area contributed by atoms with Crippen molar-refractivity contribution in [2.24, 2.45) is 0 Å². The number of hydrogen-bond donors (Lipinski definition) is 2. The molecule has 1 amide bonds. The fourth-order valence-corrected chi connectivity index (χ4v) is 5.86. The third-order valence-corrected chi connectivity index (χ3v) is 8.70. The van der Waals surface area contributed by atoms with Crippen molar-refractivity contribution in [3.8, 4) is 11.5 Å². The minimum atomic E-state index is -0.284. The number of aromatic nitrogens is 1. The van der Waals surface area contributed by atoms with Crippen molar-refractivity contribution in [2.45, 2.75) is 26.2 Å². The Labute approximate surface area is 238 Å². The molecule has 0 aliphatic carbocycles. The van der Waals surface area contributed by atoms with Crippen LogP contribution in [-0.2, 0) is 0 Å². The van der Waals surface area contributed by atoms with Crippen LogP contribution in [-0.4, -0.2) is 16.0 Å². The average molecular weight is 760 g/mol. The van der Waals surface area contributed by atoms with E-state index >= 15 is 0 Å². The van der Waals surface area contributed by atoms with E-state index in [0.717, 1.165) is 40.4 Å². The third kappa shape index (κ3) is 5.80. The lowest BCUT2D eigenvalue weighted by atomic mass is 9.98. The summed E-state index contributed by atoms with van der Waals surface area (Å²) < 4.78 is 8.65. The molecule has 3 aromatic carbocycles. The maximum atomic E-state index is 12.8. The number of rotatable bonds is 5. The van der Waals surface area contributed by atoms with Crippen molar-refractivity contribution in [1.82, 2.24) is 10.3 Å². The minimum absolute atomic E-state index is 0.207. The molecule has 0 fully saturated rings. The first-order valence-corrected chi connectivity index (χ1v) is 13.9. The Hall–Kier alpha value is -1.57. The molecule has 34 heavy (non-hydrogen) atoms. The number of fused-ring (bicyclic) bond motifs is 1. The van der Waals surface area contributed by atoms with Crippen LogP contribution in [0.15, 0.2) is 63.5 Å². The molecule has 0 saturated heterocycles. The molecule has 1 heterocycles. The zero-order valence-corrected chi connectivity index (χ0v) is 25.0. The lowest BCUT2D eigenvalue weighted by Gasteiger charge is -2.12. The van der Waals surface area contributed by atoms with E-state index in [9.17, 15) is 4.79 Å². The summed E-state index contributed by atoms with van der Waals surface area (Å²) >= 11 is 13.2. The summed E-state index contributed by atoms with van der Waals surface area (Å²) in [6, 6.07) is 17.5. The number of nitrogens with one attached hydrogen (secondary N) is 2. The van der Waals surface area contributed by atoms with Gasteiger partial charge in [-0.05, 0) is 134 Å². The minimum Gasteiger partial charge on any atom is -0.436 e. The van der Waals surface area contributed by atoms with Crippen LogP contribution in [0.2, 0.25) is 0 Å². The van der Waals surface area contributed by atoms with E-state index in [-0.39, 0.29) is 11.0 Å². The number of benzene rings is 3. The predicted octanol–water partition coefficient (Wildman–Crippen LogP) is 8.11. The van der Waals surface area contributed by atoms with E-state index in [1.165, 1.54) is 5.56 Å². The molecule has 4 aromatic rings. The van der Waals surface area contributed by atoms with Crippen LogP contribution < -0.4 is 10.6 Å². The van der Waals surface area contributed by atoms with E-state index in [4.69, 9.17) is 21.6 Å². The standard InChI is InChI=1S/C25H20BrI2N3O2S/c1-3-13(2)14-7-8-21-20(10-14)30-24(33-21)15-5-4-6-17(9-15)29-25(34)31-23(32)18-11-16(27)12-19(28)22(18)26/h4-13H,3H2,1-2H3,(H2,29,31,32,34). The zero-order chi connectivity index (χ0) is 24.4. The van der Waals surface area contributed by atoms with E-state index in [2.05, 4.69) is 97.7 Å². The number of carbonyl (C=O) groups excluding carboxylic acids is 1. The second-order valence-electron chi connectivity index (χ2n) is 7.79. The quantitative estimate of drug-likeness (QED) is 0.122. The molecular weight excluding hydrogens is 740 g/mol. The summed E-state index contributed by atoms with van der Waals surface area (Å²) in [5.74, 6) is 0.719. The van der Waals surface area contributed by atoms with Crippen LogP contribution in [0.4, 0.5) is 5.69 Å². The fourth-order valence-electron chi connectivity index (χ4n) is 3.39. The Kier molecular flexibility index (Phi) is 8.26. The van der Waals surface area contributed by atoms with Crippen molar-refractivity contribution in [3.63, 3.8) is 0 Å². The van der Waals surface area contributed by atoms with Crippen LogP contribution in [0.1, 0.15) is 42.1 Å². The number of anilines is 1. The van der Waals surface area contributed by atoms with Gasteiger partial charge in [0.1, 0.15) is 5.52 Å². The van der Waals surface area contributed by atoms with Crippen molar-refractivity contribution in [2.75, 3.05) is 5.32 Å². The van der Waals surface area contributed by atoms with Crippen molar-refractivity contribution in [3.05, 3.63) is 77.3 Å². The first-order valence-electron chi connectivity index (χ1n) is 10.5. The number of halogens is 3. The highest BCUT2D eigenvalue weighted by Crippen LogP contribution is 2.29. The average Bonchev–Trinajstić information content (AvgIpc) is 3.24. The summed E-state index contributed by atoms with van der Waals surface area (Å²) in [6.45, 7) is 4.38. The molecule has 9 heteroatoms. The molecule has 4 rings (SSSR count). The monoisotopic (exact) mass is 759 g/mol. The molecule has 1 aromatic heterocycles. The first-order chi connectivity index (χ1) is 16.2. The van der Waals surface area contributed by atoms with Crippen LogP contribution >= 0.6 is 73.3 Å². The first kappa shape index (κ1) is 25.5. The Balaban J connectivity index is 1.50. The number of amides is 1. The maximum absolute atomic E-state index is 12.8. The van der Waals surface area contributed by atoms with Gasteiger partial charge >= 0.3 is 0 Å². The zero-order valence-electron chi connectivity index (χ0n) is 18.3. The number of thiocarbonyl (C=S) groups is 1. The Morgan fingerprint density at radius 2 is 1.97 bits per heavy atom. The van der Waals surface area contributed by atoms with Crippen molar-refractivity contribution in [1.29, 1.82) is 0 Å². The normalized spacial score (nSPS) is 11.9. The molecule has 0 aliphatic rings. The highest BCUT2D eigenvalue weighted by atomic mass is 127. The van der Waals surface area contributed by atoms with Crippen molar-refractivity contribution >= 4 is 101 Å². The molecule has 1 atom stereocenters. The molecular formula is C25H20BrI2N3O2S. The van der Waals surface area contributed by atoms with Gasteiger partial charge in [-0.15, -0.1) is 0 Å². The second kappa shape index (κ2) is 11.0. The molecule has 0 bridgehead atoms. The third-order valence-electron chi connectivity index (χ3n) is 5.43. The number of oxazole rings is 1. The second-order valence-corrected chi connectivity index (χ2v) is 11.4. The van der Waals surface area contributed by atoms with Gasteiger partial charge in [-0.25, -0.2) is 4.98 Å². The van der Waals surface area contributed by atoms with Gasteiger partial charge in [0.05, 0.1) is 5.56 Å². The highest BCUT2D eigenvalue weighted by Gasteiger charge is 2.16. The largest absolute Gasteiger partial charge is 0.436 e. The lowest BCUT2D eigenvalue weighted by molar-refractivity contribution is 0.0977.